The topological polar surface area (TPSA) is 71.0 Å². The maximum Gasteiger partial charge on any atom is 0.338 e. The molecule has 0 aromatic heterocycles. The number of carbonyl (C=O) groups is 2. The molecule has 0 saturated carbocycles. The van der Waals surface area contributed by atoms with E-state index < -0.39 is 12.0 Å². The number of aryl methyl sites for hydroxylation is 2. The van der Waals surface area contributed by atoms with Crippen LogP contribution in [0.5, 0.6) is 0 Å². The summed E-state index contributed by atoms with van der Waals surface area (Å²) in [6.45, 7) is 6.24. The van der Waals surface area contributed by atoms with Gasteiger partial charge in [-0.05, 0) is 54.5 Å². The number of nitrogens with zero attached hydrogens (tertiary/aromatic N) is 2. The van der Waals surface area contributed by atoms with Crippen LogP contribution in [-0.2, 0) is 20.9 Å². The number of rotatable bonds is 7. The predicted molar refractivity (Wildman–Crippen MR) is 136 cm³/mol. The molecular formula is C27H28FN3O3S. The molecule has 0 radical (unpaired) electrons. The second-order valence-corrected chi connectivity index (χ2v) is 9.38. The van der Waals surface area contributed by atoms with Crippen LogP contribution in [0.3, 0.4) is 0 Å². The first-order chi connectivity index (χ1) is 16.8. The normalized spacial score (nSPS) is 17.1. The Bertz CT molecular complexity index is 1270. The van der Waals surface area contributed by atoms with E-state index in [2.05, 4.69) is 11.4 Å². The molecule has 2 heterocycles. The zero-order valence-corrected chi connectivity index (χ0v) is 21.0. The van der Waals surface area contributed by atoms with Gasteiger partial charge < -0.3 is 15.0 Å². The van der Waals surface area contributed by atoms with Crippen LogP contribution in [0.1, 0.15) is 48.1 Å². The van der Waals surface area contributed by atoms with Crippen molar-refractivity contribution in [3.8, 4) is 0 Å². The smallest absolute Gasteiger partial charge is 0.338 e. The summed E-state index contributed by atoms with van der Waals surface area (Å²) < 4.78 is 18.6. The number of aliphatic imine (C=N–C) groups is 1. The number of hydrogen-bond acceptors (Lipinski definition) is 6. The number of amides is 1. The van der Waals surface area contributed by atoms with Gasteiger partial charge >= 0.3 is 5.97 Å². The number of ether oxygens (including phenoxy) is 1. The van der Waals surface area contributed by atoms with Gasteiger partial charge in [-0.2, -0.15) is 0 Å². The fourth-order valence-electron chi connectivity index (χ4n) is 4.41. The van der Waals surface area contributed by atoms with Gasteiger partial charge in [-0.3, -0.25) is 4.79 Å². The van der Waals surface area contributed by atoms with Crippen LogP contribution in [0.25, 0.3) is 0 Å². The van der Waals surface area contributed by atoms with Gasteiger partial charge in [0.25, 0.3) is 0 Å². The number of thioether (sulfide) groups is 1. The standard InChI is InChI=1S/C27H28FN3O3S/c1-5-22-24(26(33)34-4)25(21-10-9-16(2)11-17(21)3)31-20(15-35-27(31)30-22)13-23(32)29-14-18-7-6-8-19(28)12-18/h6-12,15,25H,5,13-14H2,1-4H3,(H,29,32). The summed E-state index contributed by atoms with van der Waals surface area (Å²) >= 11 is 1.44. The van der Waals surface area contributed by atoms with E-state index in [0.717, 1.165) is 27.6 Å². The van der Waals surface area contributed by atoms with E-state index in [1.807, 2.05) is 43.2 Å². The van der Waals surface area contributed by atoms with Crippen molar-refractivity contribution in [2.75, 3.05) is 7.11 Å². The molecule has 1 N–H and O–H groups in total. The summed E-state index contributed by atoms with van der Waals surface area (Å²) in [4.78, 5) is 32.6. The second kappa shape index (κ2) is 10.5. The van der Waals surface area contributed by atoms with Crippen molar-refractivity contribution in [3.05, 3.63) is 92.9 Å². The minimum atomic E-state index is -0.456. The summed E-state index contributed by atoms with van der Waals surface area (Å²) in [6, 6.07) is 11.8. The van der Waals surface area contributed by atoms with Crippen LogP contribution >= 0.6 is 11.8 Å². The lowest BCUT2D eigenvalue weighted by Gasteiger charge is -2.37. The van der Waals surface area contributed by atoms with Crippen LogP contribution in [0.2, 0.25) is 0 Å². The third-order valence-corrected chi connectivity index (χ3v) is 6.96. The monoisotopic (exact) mass is 493 g/mol. The van der Waals surface area contributed by atoms with Crippen LogP contribution in [0, 0.1) is 19.7 Å². The van der Waals surface area contributed by atoms with Gasteiger partial charge in [0.05, 0.1) is 30.8 Å². The molecular weight excluding hydrogens is 465 g/mol. The number of carbonyl (C=O) groups excluding carboxylic acids is 2. The maximum atomic E-state index is 13.5. The molecule has 2 aliphatic rings. The van der Waals surface area contributed by atoms with Crippen molar-refractivity contribution < 1.29 is 18.7 Å². The van der Waals surface area contributed by atoms with E-state index >= 15 is 0 Å². The summed E-state index contributed by atoms with van der Waals surface area (Å²) in [6.07, 6.45) is 0.672. The van der Waals surface area contributed by atoms with Crippen molar-refractivity contribution in [2.45, 2.75) is 46.2 Å². The highest BCUT2D eigenvalue weighted by Crippen LogP contribution is 2.46. The van der Waals surface area contributed by atoms with Gasteiger partial charge in [0.1, 0.15) is 5.82 Å². The van der Waals surface area contributed by atoms with E-state index in [0.29, 0.717) is 23.3 Å². The Labute approximate surface area is 209 Å². The Kier molecular flexibility index (Phi) is 7.40. The summed E-state index contributed by atoms with van der Waals surface area (Å²) in [5, 5.41) is 5.50. The van der Waals surface area contributed by atoms with Gasteiger partial charge in [-0.25, -0.2) is 14.2 Å². The number of esters is 1. The molecule has 4 rings (SSSR count). The molecule has 35 heavy (non-hydrogen) atoms. The zero-order chi connectivity index (χ0) is 25.1. The minimum absolute atomic E-state index is 0.0959. The zero-order valence-electron chi connectivity index (χ0n) is 20.2. The third-order valence-electron chi connectivity index (χ3n) is 6.07. The lowest BCUT2D eigenvalue weighted by Crippen LogP contribution is -2.38. The minimum Gasteiger partial charge on any atom is -0.466 e. The average Bonchev–Trinajstić information content (AvgIpc) is 3.23. The Morgan fingerprint density at radius 2 is 2.00 bits per heavy atom. The predicted octanol–water partition coefficient (Wildman–Crippen LogP) is 5.29. The van der Waals surface area contributed by atoms with Gasteiger partial charge in [-0.15, -0.1) is 0 Å². The first-order valence-corrected chi connectivity index (χ1v) is 12.3. The molecule has 6 nitrogen and oxygen atoms in total. The molecule has 8 heteroatoms. The highest BCUT2D eigenvalue weighted by Gasteiger charge is 2.41. The Balaban J connectivity index is 1.65. The first kappa shape index (κ1) is 24.7. The van der Waals surface area contributed by atoms with Gasteiger partial charge in [0, 0.05) is 12.2 Å². The lowest BCUT2D eigenvalue weighted by atomic mass is 9.89. The fourth-order valence-corrected chi connectivity index (χ4v) is 5.35. The van der Waals surface area contributed by atoms with E-state index in [1.54, 1.807) is 12.1 Å². The SMILES string of the molecule is CCC1=C(C(=O)OC)C(c2ccc(C)cc2C)N2C(CC(=O)NCc3cccc(F)c3)=CSC2=N1. The molecule has 2 aromatic carbocycles. The molecule has 1 amide bonds. The number of halogens is 1. The van der Waals surface area contributed by atoms with Crippen LogP contribution in [0.15, 0.2) is 69.8 Å². The number of methoxy groups -OCH3 is 1. The third kappa shape index (κ3) is 5.17. The number of amidine groups is 1. The van der Waals surface area contributed by atoms with Crippen LogP contribution < -0.4 is 5.32 Å². The molecule has 1 atom stereocenters. The van der Waals surface area contributed by atoms with E-state index in [9.17, 15) is 14.0 Å². The number of fused-ring (bicyclic) bond motifs is 1. The Hall–Kier alpha value is -3.39. The average molecular weight is 494 g/mol. The number of hydrogen-bond donors (Lipinski definition) is 1. The largest absolute Gasteiger partial charge is 0.466 e. The molecule has 0 bridgehead atoms. The van der Waals surface area contributed by atoms with Crippen molar-refractivity contribution in [1.82, 2.24) is 10.2 Å². The summed E-state index contributed by atoms with van der Waals surface area (Å²) in [5.74, 6) is -0.973. The Morgan fingerprint density at radius 1 is 1.20 bits per heavy atom. The van der Waals surface area contributed by atoms with Crippen LogP contribution in [-0.4, -0.2) is 29.1 Å². The molecule has 2 aliphatic heterocycles. The molecule has 182 valence electrons. The molecule has 0 fully saturated rings. The number of nitrogens with one attached hydrogen (secondary N) is 1. The molecule has 0 aliphatic carbocycles. The fraction of sp³-hybridized carbons (Fsp3) is 0.296. The summed E-state index contributed by atoms with van der Waals surface area (Å²) in [5.41, 5.74) is 5.73. The highest BCUT2D eigenvalue weighted by molar-refractivity contribution is 8.16. The first-order valence-electron chi connectivity index (χ1n) is 11.5. The maximum absolute atomic E-state index is 13.5. The molecule has 2 aromatic rings. The molecule has 0 saturated heterocycles. The van der Waals surface area contributed by atoms with E-state index in [-0.39, 0.29) is 24.7 Å². The van der Waals surface area contributed by atoms with Gasteiger partial charge in [0.15, 0.2) is 5.17 Å². The van der Waals surface area contributed by atoms with Crippen molar-refractivity contribution in [3.63, 3.8) is 0 Å². The van der Waals surface area contributed by atoms with Crippen molar-refractivity contribution in [2.24, 2.45) is 4.99 Å². The molecule has 0 spiro atoms. The van der Waals surface area contributed by atoms with Crippen molar-refractivity contribution in [1.29, 1.82) is 0 Å². The van der Waals surface area contributed by atoms with E-state index in [1.165, 1.54) is 31.0 Å². The summed E-state index contributed by atoms with van der Waals surface area (Å²) in [7, 11) is 1.37. The highest BCUT2D eigenvalue weighted by atomic mass is 32.2. The van der Waals surface area contributed by atoms with Gasteiger partial charge in [0.2, 0.25) is 5.91 Å². The second-order valence-electron chi connectivity index (χ2n) is 8.54. The van der Waals surface area contributed by atoms with Crippen molar-refractivity contribution >= 4 is 28.8 Å². The quantitative estimate of drug-likeness (QED) is 0.531. The van der Waals surface area contributed by atoms with Gasteiger partial charge in [-0.1, -0.05) is 54.6 Å². The van der Waals surface area contributed by atoms with E-state index in [4.69, 9.17) is 9.73 Å². The number of allylic oxidation sites excluding steroid dienone is 1. The number of benzene rings is 2. The Morgan fingerprint density at radius 3 is 2.69 bits per heavy atom. The molecule has 1 unspecified atom stereocenters. The lowest BCUT2D eigenvalue weighted by molar-refractivity contribution is -0.136. The van der Waals surface area contributed by atoms with Crippen LogP contribution in [0.4, 0.5) is 4.39 Å².